The molecule has 7 heteroatoms. The fourth-order valence-corrected chi connectivity index (χ4v) is 1.43. The molecule has 112 valence electrons. The van der Waals surface area contributed by atoms with E-state index in [4.69, 9.17) is 4.74 Å². The summed E-state index contributed by atoms with van der Waals surface area (Å²) in [6.45, 7) is 1.55. The van der Waals surface area contributed by atoms with Crippen molar-refractivity contribution in [3.05, 3.63) is 30.1 Å². The van der Waals surface area contributed by atoms with Crippen LogP contribution in [0.2, 0.25) is 0 Å². The van der Waals surface area contributed by atoms with Crippen molar-refractivity contribution in [1.29, 1.82) is 0 Å². The van der Waals surface area contributed by atoms with Gasteiger partial charge in [-0.1, -0.05) is 12.1 Å². The highest BCUT2D eigenvalue weighted by atomic mass is 19.3. The SMILES string of the molecule is CN=C(NCC(F)F)NCC(C)Oc1ccccc1F. The summed E-state index contributed by atoms with van der Waals surface area (Å²) >= 11 is 0. The molecule has 0 fully saturated rings. The van der Waals surface area contributed by atoms with E-state index in [2.05, 4.69) is 15.6 Å². The smallest absolute Gasteiger partial charge is 0.255 e. The van der Waals surface area contributed by atoms with Crippen molar-refractivity contribution >= 4 is 5.96 Å². The summed E-state index contributed by atoms with van der Waals surface area (Å²) in [5, 5.41) is 5.28. The quantitative estimate of drug-likeness (QED) is 0.622. The Morgan fingerprint density at radius 3 is 2.50 bits per heavy atom. The van der Waals surface area contributed by atoms with E-state index in [1.54, 1.807) is 19.1 Å². The molecule has 0 aliphatic rings. The van der Waals surface area contributed by atoms with Crippen LogP contribution in [0.4, 0.5) is 13.2 Å². The maximum atomic E-state index is 13.4. The summed E-state index contributed by atoms with van der Waals surface area (Å²) in [5.74, 6) is -0.0498. The molecule has 0 radical (unpaired) electrons. The standard InChI is InChI=1S/C13H18F3N3O/c1-9(20-11-6-4-3-5-10(11)14)7-18-13(17-2)19-8-12(15)16/h3-6,9,12H,7-8H2,1-2H3,(H2,17,18,19). The zero-order chi connectivity index (χ0) is 15.0. The normalized spacial score (nSPS) is 13.2. The molecule has 0 aliphatic heterocycles. The minimum atomic E-state index is -2.46. The zero-order valence-corrected chi connectivity index (χ0v) is 11.4. The molecule has 0 spiro atoms. The molecule has 0 aromatic heterocycles. The van der Waals surface area contributed by atoms with Gasteiger partial charge in [0.15, 0.2) is 17.5 Å². The number of nitrogens with one attached hydrogen (secondary N) is 2. The van der Waals surface area contributed by atoms with Gasteiger partial charge >= 0.3 is 0 Å². The van der Waals surface area contributed by atoms with E-state index in [1.165, 1.54) is 19.2 Å². The van der Waals surface area contributed by atoms with Crippen molar-refractivity contribution in [1.82, 2.24) is 10.6 Å². The van der Waals surface area contributed by atoms with Gasteiger partial charge in [-0.2, -0.15) is 0 Å². The maximum Gasteiger partial charge on any atom is 0.255 e. The molecular weight excluding hydrogens is 271 g/mol. The van der Waals surface area contributed by atoms with Crippen LogP contribution < -0.4 is 15.4 Å². The van der Waals surface area contributed by atoms with Gasteiger partial charge in [0, 0.05) is 7.05 Å². The molecule has 0 saturated carbocycles. The van der Waals surface area contributed by atoms with Crippen molar-refractivity contribution in [3.63, 3.8) is 0 Å². The number of benzene rings is 1. The van der Waals surface area contributed by atoms with E-state index in [9.17, 15) is 13.2 Å². The van der Waals surface area contributed by atoms with Gasteiger partial charge in [0.25, 0.3) is 6.43 Å². The summed E-state index contributed by atoms with van der Waals surface area (Å²) in [7, 11) is 1.48. The fraction of sp³-hybridized carbons (Fsp3) is 0.462. The Kier molecular flexibility index (Phi) is 6.69. The fourth-order valence-electron chi connectivity index (χ4n) is 1.43. The highest BCUT2D eigenvalue weighted by Gasteiger charge is 2.09. The lowest BCUT2D eigenvalue weighted by atomic mass is 10.3. The first-order chi connectivity index (χ1) is 9.52. The first-order valence-corrected chi connectivity index (χ1v) is 6.16. The number of halogens is 3. The van der Waals surface area contributed by atoms with Crippen molar-refractivity contribution in [2.45, 2.75) is 19.5 Å². The average Bonchev–Trinajstić information content (AvgIpc) is 2.41. The molecule has 1 aromatic rings. The topological polar surface area (TPSA) is 45.7 Å². The van der Waals surface area contributed by atoms with Crippen LogP contribution >= 0.6 is 0 Å². The Bertz CT molecular complexity index is 441. The van der Waals surface area contributed by atoms with E-state index >= 15 is 0 Å². The third-order valence-electron chi connectivity index (χ3n) is 2.37. The molecule has 1 aromatic carbocycles. The van der Waals surface area contributed by atoms with E-state index in [1.807, 2.05) is 0 Å². The number of nitrogens with zero attached hydrogens (tertiary/aromatic N) is 1. The number of guanidine groups is 1. The molecule has 0 bridgehead atoms. The molecule has 20 heavy (non-hydrogen) atoms. The van der Waals surface area contributed by atoms with Crippen LogP contribution in [0.3, 0.4) is 0 Å². The molecule has 1 atom stereocenters. The summed E-state index contributed by atoms with van der Waals surface area (Å²) in [6.07, 6.45) is -2.81. The maximum absolute atomic E-state index is 13.4. The third-order valence-corrected chi connectivity index (χ3v) is 2.37. The van der Waals surface area contributed by atoms with Gasteiger partial charge < -0.3 is 15.4 Å². The second-order valence-corrected chi connectivity index (χ2v) is 4.08. The molecule has 0 amide bonds. The van der Waals surface area contributed by atoms with Gasteiger partial charge in [-0.05, 0) is 19.1 Å². The van der Waals surface area contributed by atoms with Crippen LogP contribution in [-0.2, 0) is 0 Å². The summed E-state index contributed by atoms with van der Waals surface area (Å²) in [6, 6.07) is 6.07. The third kappa shape index (κ3) is 5.81. The Hall–Kier alpha value is -1.92. The molecule has 0 heterocycles. The minimum absolute atomic E-state index is 0.150. The number of hydrogen-bond donors (Lipinski definition) is 2. The van der Waals surface area contributed by atoms with Gasteiger partial charge in [-0.3, -0.25) is 4.99 Å². The van der Waals surface area contributed by atoms with Gasteiger partial charge in [0.05, 0.1) is 13.1 Å². The van der Waals surface area contributed by atoms with Crippen LogP contribution in [0.1, 0.15) is 6.92 Å². The first kappa shape index (κ1) is 16.1. The van der Waals surface area contributed by atoms with Crippen molar-refractivity contribution in [2.75, 3.05) is 20.1 Å². The van der Waals surface area contributed by atoms with Crippen molar-refractivity contribution < 1.29 is 17.9 Å². The molecule has 0 aliphatic carbocycles. The molecule has 4 nitrogen and oxygen atoms in total. The van der Waals surface area contributed by atoms with Gasteiger partial charge in [0.1, 0.15) is 6.10 Å². The predicted octanol–water partition coefficient (Wildman–Crippen LogP) is 2.02. The monoisotopic (exact) mass is 289 g/mol. The highest BCUT2D eigenvalue weighted by Crippen LogP contribution is 2.16. The Labute approximate surface area is 116 Å². The van der Waals surface area contributed by atoms with E-state index < -0.39 is 18.8 Å². The molecule has 2 N–H and O–H groups in total. The summed E-state index contributed by atoms with van der Waals surface area (Å²) < 4.78 is 42.9. The largest absolute Gasteiger partial charge is 0.486 e. The van der Waals surface area contributed by atoms with Crippen LogP contribution in [-0.4, -0.2) is 38.6 Å². The number of ether oxygens (including phenoxy) is 1. The second-order valence-electron chi connectivity index (χ2n) is 4.08. The van der Waals surface area contributed by atoms with E-state index in [0.717, 1.165) is 0 Å². The molecule has 0 saturated heterocycles. The molecular formula is C13H18F3N3O. The summed E-state index contributed by atoms with van der Waals surface area (Å²) in [5.41, 5.74) is 0. The van der Waals surface area contributed by atoms with E-state index in [-0.39, 0.29) is 17.8 Å². The average molecular weight is 289 g/mol. The minimum Gasteiger partial charge on any atom is -0.486 e. The molecule has 1 rings (SSSR count). The van der Waals surface area contributed by atoms with Crippen LogP contribution in [0.15, 0.2) is 29.3 Å². The number of para-hydroxylation sites is 1. The second kappa shape index (κ2) is 8.29. The van der Waals surface area contributed by atoms with Crippen LogP contribution in [0.5, 0.6) is 5.75 Å². The Morgan fingerprint density at radius 1 is 1.25 bits per heavy atom. The van der Waals surface area contributed by atoms with Crippen molar-refractivity contribution in [2.24, 2.45) is 4.99 Å². The Balaban J connectivity index is 2.39. The highest BCUT2D eigenvalue weighted by molar-refractivity contribution is 5.79. The van der Waals surface area contributed by atoms with Crippen LogP contribution in [0, 0.1) is 5.82 Å². The predicted molar refractivity (Wildman–Crippen MR) is 71.9 cm³/mol. The number of alkyl halides is 2. The van der Waals surface area contributed by atoms with Gasteiger partial charge in [-0.15, -0.1) is 0 Å². The van der Waals surface area contributed by atoms with Crippen LogP contribution in [0.25, 0.3) is 0 Å². The number of rotatable bonds is 6. The van der Waals surface area contributed by atoms with Crippen molar-refractivity contribution in [3.8, 4) is 5.75 Å². The number of hydrogen-bond acceptors (Lipinski definition) is 2. The zero-order valence-electron chi connectivity index (χ0n) is 11.4. The Morgan fingerprint density at radius 2 is 1.90 bits per heavy atom. The molecule has 1 unspecified atom stereocenters. The van der Waals surface area contributed by atoms with Gasteiger partial charge in [0.2, 0.25) is 0 Å². The van der Waals surface area contributed by atoms with Gasteiger partial charge in [-0.25, -0.2) is 13.2 Å². The number of aliphatic imine (C=N–C) groups is 1. The lowest BCUT2D eigenvalue weighted by Crippen LogP contribution is -2.43. The lowest BCUT2D eigenvalue weighted by molar-refractivity contribution is 0.152. The first-order valence-electron chi connectivity index (χ1n) is 6.16. The summed E-state index contributed by atoms with van der Waals surface area (Å²) in [4.78, 5) is 3.79. The lowest BCUT2D eigenvalue weighted by Gasteiger charge is -2.17. The van der Waals surface area contributed by atoms with E-state index in [0.29, 0.717) is 6.54 Å².